The second-order valence-corrected chi connectivity index (χ2v) is 4.08. The summed E-state index contributed by atoms with van der Waals surface area (Å²) in [5.41, 5.74) is 1.80. The van der Waals surface area contributed by atoms with Crippen molar-refractivity contribution in [3.63, 3.8) is 0 Å². The first-order valence-corrected chi connectivity index (χ1v) is 5.94. The zero-order chi connectivity index (χ0) is 14.5. The SMILES string of the molecule is COC(=O)c1cccnc1N(C)c1ccc(C#N)cc1. The van der Waals surface area contributed by atoms with Gasteiger partial charge in [0.1, 0.15) is 11.4 Å². The predicted octanol–water partition coefficient (Wildman–Crippen LogP) is 2.51. The van der Waals surface area contributed by atoms with Crippen molar-refractivity contribution in [2.24, 2.45) is 0 Å². The molecule has 0 aliphatic rings. The lowest BCUT2D eigenvalue weighted by Gasteiger charge is -2.20. The molecule has 1 heterocycles. The molecular formula is C15H13N3O2. The first-order chi connectivity index (χ1) is 9.67. The van der Waals surface area contributed by atoms with Gasteiger partial charge in [-0.1, -0.05) is 0 Å². The summed E-state index contributed by atoms with van der Waals surface area (Å²) in [5.74, 6) is 0.0673. The Labute approximate surface area is 117 Å². The zero-order valence-electron chi connectivity index (χ0n) is 11.2. The van der Waals surface area contributed by atoms with Gasteiger partial charge in [-0.25, -0.2) is 9.78 Å². The maximum Gasteiger partial charge on any atom is 0.341 e. The fourth-order valence-electron chi connectivity index (χ4n) is 1.82. The van der Waals surface area contributed by atoms with Crippen molar-refractivity contribution in [2.45, 2.75) is 0 Å². The van der Waals surface area contributed by atoms with Crippen LogP contribution >= 0.6 is 0 Å². The summed E-state index contributed by atoms with van der Waals surface area (Å²) in [6.45, 7) is 0. The van der Waals surface area contributed by atoms with Crippen molar-refractivity contribution in [3.8, 4) is 6.07 Å². The van der Waals surface area contributed by atoms with E-state index < -0.39 is 5.97 Å². The van der Waals surface area contributed by atoms with Crippen LogP contribution in [0, 0.1) is 11.3 Å². The average molecular weight is 267 g/mol. The summed E-state index contributed by atoms with van der Waals surface area (Å²) in [5, 5.41) is 8.80. The molecule has 20 heavy (non-hydrogen) atoms. The van der Waals surface area contributed by atoms with Crippen molar-refractivity contribution in [1.82, 2.24) is 4.98 Å². The molecule has 0 atom stereocenters. The summed E-state index contributed by atoms with van der Waals surface area (Å²) in [6.07, 6.45) is 1.61. The van der Waals surface area contributed by atoms with Crippen LogP contribution in [0.2, 0.25) is 0 Å². The highest BCUT2D eigenvalue weighted by Crippen LogP contribution is 2.25. The number of nitrogens with zero attached hydrogens (tertiary/aromatic N) is 3. The standard InChI is InChI=1S/C15H13N3O2/c1-18(12-7-5-11(10-16)6-8-12)14-13(15(19)20-2)4-3-9-17-14/h3-9H,1-2H3. The highest BCUT2D eigenvalue weighted by atomic mass is 16.5. The van der Waals surface area contributed by atoms with E-state index in [1.807, 2.05) is 0 Å². The van der Waals surface area contributed by atoms with Crippen LogP contribution in [0.4, 0.5) is 11.5 Å². The number of rotatable bonds is 3. The third-order valence-electron chi connectivity index (χ3n) is 2.89. The van der Waals surface area contributed by atoms with E-state index in [0.717, 1.165) is 5.69 Å². The van der Waals surface area contributed by atoms with Crippen LogP contribution in [0.5, 0.6) is 0 Å². The van der Waals surface area contributed by atoms with Gasteiger partial charge in [0.15, 0.2) is 0 Å². The van der Waals surface area contributed by atoms with Crippen molar-refractivity contribution in [1.29, 1.82) is 5.26 Å². The topological polar surface area (TPSA) is 66.2 Å². The molecule has 5 heteroatoms. The Bertz CT molecular complexity index is 660. The molecule has 1 aromatic heterocycles. The molecule has 0 radical (unpaired) electrons. The van der Waals surface area contributed by atoms with Crippen LogP contribution in [0.3, 0.4) is 0 Å². The summed E-state index contributed by atoms with van der Waals surface area (Å²) in [4.78, 5) is 17.7. The molecule has 0 fully saturated rings. The molecule has 0 N–H and O–H groups in total. The molecule has 0 bridgehead atoms. The number of hydrogen-bond acceptors (Lipinski definition) is 5. The number of aromatic nitrogens is 1. The fourth-order valence-corrected chi connectivity index (χ4v) is 1.82. The summed E-state index contributed by atoms with van der Waals surface area (Å²) >= 11 is 0. The van der Waals surface area contributed by atoms with E-state index in [-0.39, 0.29) is 0 Å². The van der Waals surface area contributed by atoms with E-state index in [0.29, 0.717) is 16.9 Å². The molecule has 2 aromatic rings. The van der Waals surface area contributed by atoms with Crippen LogP contribution in [-0.4, -0.2) is 25.1 Å². The lowest BCUT2D eigenvalue weighted by molar-refractivity contribution is 0.0601. The lowest BCUT2D eigenvalue weighted by Crippen LogP contribution is -2.16. The maximum atomic E-state index is 11.7. The molecule has 0 saturated carbocycles. The van der Waals surface area contributed by atoms with Gasteiger partial charge in [-0.2, -0.15) is 5.26 Å². The van der Waals surface area contributed by atoms with Gasteiger partial charge < -0.3 is 9.64 Å². The average Bonchev–Trinajstić information content (AvgIpc) is 2.53. The summed E-state index contributed by atoms with van der Waals surface area (Å²) in [6, 6.07) is 12.4. The normalized spacial score (nSPS) is 9.65. The smallest absolute Gasteiger partial charge is 0.341 e. The molecular weight excluding hydrogens is 254 g/mol. The number of carbonyl (C=O) groups excluding carboxylic acids is 1. The fraction of sp³-hybridized carbons (Fsp3) is 0.133. The predicted molar refractivity (Wildman–Crippen MR) is 74.8 cm³/mol. The maximum absolute atomic E-state index is 11.7. The van der Waals surface area contributed by atoms with Gasteiger partial charge in [-0.15, -0.1) is 0 Å². The van der Waals surface area contributed by atoms with Crippen molar-refractivity contribution in [2.75, 3.05) is 19.1 Å². The van der Waals surface area contributed by atoms with E-state index in [1.54, 1.807) is 54.5 Å². The molecule has 0 saturated heterocycles. The molecule has 0 unspecified atom stereocenters. The van der Waals surface area contributed by atoms with Gasteiger partial charge >= 0.3 is 5.97 Å². The quantitative estimate of drug-likeness (QED) is 0.799. The Morgan fingerprint density at radius 3 is 2.60 bits per heavy atom. The van der Waals surface area contributed by atoms with Crippen LogP contribution < -0.4 is 4.90 Å². The number of nitriles is 1. The second kappa shape index (κ2) is 5.85. The van der Waals surface area contributed by atoms with Crippen LogP contribution in [0.1, 0.15) is 15.9 Å². The van der Waals surface area contributed by atoms with Gasteiger partial charge in [0.25, 0.3) is 0 Å². The van der Waals surface area contributed by atoms with Gasteiger partial charge in [-0.3, -0.25) is 0 Å². The number of carbonyl (C=O) groups is 1. The van der Waals surface area contributed by atoms with Crippen LogP contribution in [0.15, 0.2) is 42.6 Å². The minimum atomic E-state index is -0.436. The molecule has 100 valence electrons. The molecule has 5 nitrogen and oxygen atoms in total. The largest absolute Gasteiger partial charge is 0.465 e. The zero-order valence-corrected chi connectivity index (χ0v) is 11.2. The van der Waals surface area contributed by atoms with Gasteiger partial charge in [0.05, 0.1) is 18.7 Å². The highest BCUT2D eigenvalue weighted by Gasteiger charge is 2.16. The van der Waals surface area contributed by atoms with Crippen LogP contribution in [-0.2, 0) is 4.74 Å². The number of methoxy groups -OCH3 is 1. The monoisotopic (exact) mass is 267 g/mol. The summed E-state index contributed by atoms with van der Waals surface area (Å²) in [7, 11) is 3.14. The van der Waals surface area contributed by atoms with E-state index in [1.165, 1.54) is 7.11 Å². The Balaban J connectivity index is 2.40. The molecule has 0 aliphatic heterocycles. The minimum Gasteiger partial charge on any atom is -0.465 e. The number of anilines is 2. The number of pyridine rings is 1. The third-order valence-corrected chi connectivity index (χ3v) is 2.89. The molecule has 2 rings (SSSR count). The first-order valence-electron chi connectivity index (χ1n) is 5.94. The number of ether oxygens (including phenoxy) is 1. The molecule has 0 amide bonds. The molecule has 0 aliphatic carbocycles. The Morgan fingerprint density at radius 2 is 2.00 bits per heavy atom. The second-order valence-electron chi connectivity index (χ2n) is 4.08. The van der Waals surface area contributed by atoms with Crippen molar-refractivity contribution < 1.29 is 9.53 Å². The van der Waals surface area contributed by atoms with Crippen molar-refractivity contribution in [3.05, 3.63) is 53.7 Å². The van der Waals surface area contributed by atoms with E-state index >= 15 is 0 Å². The Morgan fingerprint density at radius 1 is 1.30 bits per heavy atom. The lowest BCUT2D eigenvalue weighted by atomic mass is 10.2. The first kappa shape index (κ1) is 13.6. The Kier molecular flexibility index (Phi) is 3.96. The third kappa shape index (κ3) is 2.59. The number of hydrogen-bond donors (Lipinski definition) is 0. The molecule has 0 spiro atoms. The molecule has 1 aromatic carbocycles. The van der Waals surface area contributed by atoms with Crippen molar-refractivity contribution >= 4 is 17.5 Å². The van der Waals surface area contributed by atoms with Gasteiger partial charge in [0, 0.05) is 18.9 Å². The van der Waals surface area contributed by atoms with E-state index in [2.05, 4.69) is 11.1 Å². The van der Waals surface area contributed by atoms with Gasteiger partial charge in [-0.05, 0) is 36.4 Å². The summed E-state index contributed by atoms with van der Waals surface area (Å²) < 4.78 is 4.75. The van der Waals surface area contributed by atoms with E-state index in [4.69, 9.17) is 10.00 Å². The van der Waals surface area contributed by atoms with E-state index in [9.17, 15) is 4.79 Å². The number of esters is 1. The van der Waals surface area contributed by atoms with Crippen LogP contribution in [0.25, 0.3) is 0 Å². The minimum absolute atomic E-state index is 0.391. The number of benzene rings is 1. The highest BCUT2D eigenvalue weighted by molar-refractivity contribution is 5.95. The Hall–Kier alpha value is -2.87. The van der Waals surface area contributed by atoms with Gasteiger partial charge in [0.2, 0.25) is 0 Å².